The zero-order chi connectivity index (χ0) is 21.5. The van der Waals surface area contributed by atoms with Gasteiger partial charge in [0, 0.05) is 23.8 Å². The first-order valence-corrected chi connectivity index (χ1v) is 11.2. The molecule has 1 saturated carbocycles. The van der Waals surface area contributed by atoms with Crippen molar-refractivity contribution < 1.29 is 19.7 Å². The number of hydrogen-bond donors (Lipinski definition) is 1. The van der Waals surface area contributed by atoms with Crippen LogP contribution in [0.15, 0.2) is 46.6 Å². The van der Waals surface area contributed by atoms with Gasteiger partial charge in [-0.1, -0.05) is 19.1 Å². The quantitative estimate of drug-likeness (QED) is 0.726. The van der Waals surface area contributed by atoms with Gasteiger partial charge in [0.15, 0.2) is 5.78 Å². The summed E-state index contributed by atoms with van der Waals surface area (Å²) in [5.41, 5.74) is 3.49. The van der Waals surface area contributed by atoms with Gasteiger partial charge < -0.3 is 5.21 Å². The van der Waals surface area contributed by atoms with Crippen molar-refractivity contribution in [3.63, 3.8) is 0 Å². The van der Waals surface area contributed by atoms with E-state index in [2.05, 4.69) is 19.9 Å². The summed E-state index contributed by atoms with van der Waals surface area (Å²) in [6.07, 6.45) is 11.9. The number of nitrogens with one attached hydrogen (secondary N) is 1. The zero-order valence-electron chi connectivity index (χ0n) is 18.3. The molecule has 0 aromatic carbocycles. The Bertz CT molecular complexity index is 970. The molecule has 5 atom stereocenters. The van der Waals surface area contributed by atoms with Gasteiger partial charge in [-0.3, -0.25) is 9.59 Å². The predicted octanol–water partition coefficient (Wildman–Crippen LogP) is 3.33. The number of rotatable bonds is 3. The van der Waals surface area contributed by atoms with Crippen LogP contribution in [0, 0.1) is 21.5 Å². The number of ketones is 2. The summed E-state index contributed by atoms with van der Waals surface area (Å²) in [6, 6.07) is -0.444. The molecule has 5 nitrogen and oxygen atoms in total. The molecule has 1 fully saturated rings. The molecule has 0 aromatic rings. The molecule has 5 heteroatoms. The van der Waals surface area contributed by atoms with Gasteiger partial charge in [0.1, 0.15) is 17.9 Å². The average Bonchev–Trinajstić information content (AvgIpc) is 3.11. The topological polar surface area (TPSA) is 70.9 Å². The Labute approximate surface area is 178 Å². The number of carbonyl (C=O) groups is 2. The fourth-order valence-corrected chi connectivity index (χ4v) is 7.00. The molecule has 5 aliphatic rings. The third kappa shape index (κ3) is 2.40. The van der Waals surface area contributed by atoms with Gasteiger partial charge in [-0.25, -0.2) is 10.1 Å². The van der Waals surface area contributed by atoms with E-state index in [0.717, 1.165) is 42.4 Å². The molecule has 1 spiro atoms. The summed E-state index contributed by atoms with van der Waals surface area (Å²) in [5.74, 6) is 0.325. The Morgan fingerprint density at radius 3 is 2.70 bits per heavy atom. The highest BCUT2D eigenvalue weighted by molar-refractivity contribution is 6.01. The average molecular weight is 410 g/mol. The lowest BCUT2D eigenvalue weighted by Crippen LogP contribution is -3.11. The lowest BCUT2D eigenvalue weighted by molar-refractivity contribution is -1.07. The van der Waals surface area contributed by atoms with Gasteiger partial charge in [0.2, 0.25) is 0 Å². The van der Waals surface area contributed by atoms with E-state index in [-0.39, 0.29) is 27.9 Å². The number of hydrogen-bond acceptors (Lipinski definition) is 4. The fraction of sp³-hybridized carbons (Fsp3) is 0.600. The van der Waals surface area contributed by atoms with E-state index in [1.807, 2.05) is 19.9 Å². The van der Waals surface area contributed by atoms with Crippen LogP contribution in [-0.2, 0) is 14.4 Å². The molecule has 0 heterocycles. The summed E-state index contributed by atoms with van der Waals surface area (Å²) >= 11 is 0. The molecular weight excluding hydrogens is 378 g/mol. The SMILES string of the molecule is CC(C)O[NH+]([O-])C1CC2=CC(=O)C=CC2(C)C2=C1C1=CC[C@@]3(C)CCC(=O)C13CC2. The van der Waals surface area contributed by atoms with Crippen molar-refractivity contribution in [1.82, 2.24) is 0 Å². The largest absolute Gasteiger partial charge is 0.599 e. The van der Waals surface area contributed by atoms with Crippen molar-refractivity contribution in [3.8, 4) is 0 Å². The molecule has 0 aromatic heterocycles. The molecule has 5 aliphatic carbocycles. The van der Waals surface area contributed by atoms with E-state index in [0.29, 0.717) is 18.6 Å². The van der Waals surface area contributed by atoms with Gasteiger partial charge in [0.05, 0.1) is 5.41 Å². The van der Waals surface area contributed by atoms with Gasteiger partial charge in [-0.05, 0) is 80.7 Å². The molecule has 1 N–H and O–H groups in total. The minimum absolute atomic E-state index is 0.0200. The van der Waals surface area contributed by atoms with E-state index in [9.17, 15) is 14.8 Å². The first-order valence-electron chi connectivity index (χ1n) is 11.2. The molecule has 0 aliphatic heterocycles. The lowest BCUT2D eigenvalue weighted by Gasteiger charge is -2.52. The predicted molar refractivity (Wildman–Crippen MR) is 113 cm³/mol. The van der Waals surface area contributed by atoms with Crippen LogP contribution in [-0.4, -0.2) is 23.7 Å². The van der Waals surface area contributed by atoms with Crippen molar-refractivity contribution >= 4 is 11.6 Å². The van der Waals surface area contributed by atoms with Gasteiger partial charge in [-0.2, -0.15) is 0 Å². The lowest BCUT2D eigenvalue weighted by atomic mass is 9.52. The minimum atomic E-state index is -0.450. The van der Waals surface area contributed by atoms with Crippen LogP contribution in [0.1, 0.15) is 66.2 Å². The summed E-state index contributed by atoms with van der Waals surface area (Å²) in [7, 11) is 0. The summed E-state index contributed by atoms with van der Waals surface area (Å²) in [5, 5.41) is 13.0. The molecule has 5 rings (SSSR count). The van der Waals surface area contributed by atoms with Gasteiger partial charge in [-0.15, -0.1) is 0 Å². The van der Waals surface area contributed by atoms with Crippen molar-refractivity contribution in [2.75, 3.05) is 0 Å². The standard InChI is InChI=1S/C25H31NO4/c1-15(2)30-26(29)20-14-16-13-17(27)5-11-24(16,4)18-7-12-25-19(22(18)20)6-9-23(25,3)10-8-21(25)28/h5-6,11,13,15,20,26H,7-10,12,14H2,1-4H3/t20?,23-,24?,25?/m0/s1. The summed E-state index contributed by atoms with van der Waals surface area (Å²) in [6.45, 7) is 8.13. The van der Waals surface area contributed by atoms with Crippen molar-refractivity contribution in [3.05, 3.63) is 51.8 Å². The number of allylic oxidation sites excluding steroid dienone is 5. The number of carbonyl (C=O) groups excluding carboxylic acids is 2. The Morgan fingerprint density at radius 1 is 1.20 bits per heavy atom. The number of Topliss-reactive ketones (excluding diaryl/α,β-unsaturated/α-hetero) is 1. The number of hydroxylamine groups is 2. The van der Waals surface area contributed by atoms with Crippen LogP contribution in [0.3, 0.4) is 0 Å². The third-order valence-corrected chi connectivity index (χ3v) is 8.59. The number of quaternary nitrogens is 1. The van der Waals surface area contributed by atoms with Crippen LogP contribution in [0.5, 0.6) is 0 Å². The molecule has 0 amide bonds. The molecule has 160 valence electrons. The molecule has 4 unspecified atom stereocenters. The Hall–Kier alpha value is -1.82. The van der Waals surface area contributed by atoms with E-state index >= 15 is 0 Å². The van der Waals surface area contributed by atoms with Crippen LogP contribution >= 0.6 is 0 Å². The fourth-order valence-electron chi connectivity index (χ4n) is 7.00. The summed E-state index contributed by atoms with van der Waals surface area (Å²) < 4.78 is 0. The second-order valence-electron chi connectivity index (χ2n) is 10.5. The number of fused-ring (bicyclic) bond motifs is 3. The summed E-state index contributed by atoms with van der Waals surface area (Å²) in [4.78, 5) is 31.1. The highest BCUT2D eigenvalue weighted by Crippen LogP contribution is 2.69. The maximum Gasteiger partial charge on any atom is 0.178 e. The minimum Gasteiger partial charge on any atom is -0.599 e. The van der Waals surface area contributed by atoms with E-state index in [1.165, 1.54) is 5.57 Å². The van der Waals surface area contributed by atoms with Crippen LogP contribution in [0.4, 0.5) is 0 Å². The second kappa shape index (κ2) is 6.35. The third-order valence-electron chi connectivity index (χ3n) is 8.59. The molecule has 0 saturated heterocycles. The molecule has 30 heavy (non-hydrogen) atoms. The van der Waals surface area contributed by atoms with E-state index < -0.39 is 11.5 Å². The maximum atomic E-state index is 13.3. The van der Waals surface area contributed by atoms with Gasteiger partial charge in [0.25, 0.3) is 0 Å². The van der Waals surface area contributed by atoms with Crippen molar-refractivity contribution in [2.45, 2.75) is 78.4 Å². The van der Waals surface area contributed by atoms with Crippen LogP contribution < -0.4 is 5.23 Å². The highest BCUT2D eigenvalue weighted by atomic mass is 16.9. The highest BCUT2D eigenvalue weighted by Gasteiger charge is 2.65. The maximum absolute atomic E-state index is 13.3. The van der Waals surface area contributed by atoms with Gasteiger partial charge >= 0.3 is 0 Å². The van der Waals surface area contributed by atoms with E-state index in [4.69, 9.17) is 4.84 Å². The first-order chi connectivity index (χ1) is 14.1. The first kappa shape index (κ1) is 20.1. The van der Waals surface area contributed by atoms with E-state index in [1.54, 1.807) is 12.2 Å². The Kier molecular flexibility index (Phi) is 4.25. The van der Waals surface area contributed by atoms with Crippen LogP contribution in [0.25, 0.3) is 0 Å². The second-order valence-corrected chi connectivity index (χ2v) is 10.5. The molecule has 0 radical (unpaired) electrons. The van der Waals surface area contributed by atoms with Crippen molar-refractivity contribution in [2.24, 2.45) is 16.2 Å². The monoisotopic (exact) mass is 409 g/mol. The normalized spacial score (nSPS) is 40.7. The zero-order valence-corrected chi connectivity index (χ0v) is 18.3. The van der Waals surface area contributed by atoms with Crippen molar-refractivity contribution in [1.29, 1.82) is 0 Å². The smallest absolute Gasteiger partial charge is 0.178 e. The Morgan fingerprint density at radius 2 is 1.97 bits per heavy atom. The molecule has 0 bridgehead atoms. The molecular formula is C25H31NO4. The Balaban J connectivity index is 1.71. The van der Waals surface area contributed by atoms with Crippen LogP contribution in [0.2, 0.25) is 0 Å².